The smallest absolute Gasteiger partial charge is 0.270 e. The normalized spacial score (nSPS) is 10.5. The van der Waals surface area contributed by atoms with Crippen molar-refractivity contribution >= 4 is 28.1 Å². The van der Waals surface area contributed by atoms with Crippen LogP contribution in [0.5, 0.6) is 5.75 Å². The number of ether oxygens (including phenoxy) is 1. The highest BCUT2D eigenvalue weighted by Crippen LogP contribution is 2.27. The highest BCUT2D eigenvalue weighted by atomic mass is 32.1. The summed E-state index contributed by atoms with van der Waals surface area (Å²) in [5.41, 5.74) is 1.69. The lowest BCUT2D eigenvalue weighted by Crippen LogP contribution is -2.11. The number of carbonyl (C=O) groups excluding carboxylic acids is 1. The van der Waals surface area contributed by atoms with E-state index in [4.69, 9.17) is 4.74 Å². The lowest BCUT2D eigenvalue weighted by Gasteiger charge is -2.06. The number of nitrogens with zero attached hydrogens (tertiary/aromatic N) is 2. The molecule has 144 valence electrons. The number of unbranched alkanes of at least 4 members (excludes halogenated alkanes) is 1. The molecule has 0 saturated heterocycles. The fraction of sp³-hybridized carbons (Fsp3) is 0.200. The topological polar surface area (TPSA) is 94.4 Å². The second kappa shape index (κ2) is 9.09. The fourth-order valence-corrected chi connectivity index (χ4v) is 3.16. The number of nitro benzene ring substituents is 1. The van der Waals surface area contributed by atoms with Gasteiger partial charge in [-0.2, -0.15) is 0 Å². The van der Waals surface area contributed by atoms with Gasteiger partial charge in [0.05, 0.1) is 17.2 Å². The first-order chi connectivity index (χ1) is 13.6. The van der Waals surface area contributed by atoms with Gasteiger partial charge in [0.15, 0.2) is 5.13 Å². The minimum absolute atomic E-state index is 0.00247. The molecular formula is C20H19N3O4S. The molecule has 2 aromatic carbocycles. The molecule has 0 aliphatic carbocycles. The number of thiazole rings is 1. The molecule has 0 bridgehead atoms. The van der Waals surface area contributed by atoms with Gasteiger partial charge in [-0.15, -0.1) is 11.3 Å². The average molecular weight is 397 g/mol. The molecule has 1 N–H and O–H groups in total. The lowest BCUT2D eigenvalue weighted by atomic mass is 10.1. The molecule has 1 aromatic heterocycles. The summed E-state index contributed by atoms with van der Waals surface area (Å²) in [6, 6.07) is 13.2. The standard InChI is InChI=1S/C20H19N3O4S/c1-2-3-11-27-17-9-7-14(8-10-17)19(24)22-20-21-18(13-28-20)15-5-4-6-16(12-15)23(25)26/h4-10,12-13H,2-3,11H2,1H3,(H,21,22,24). The quantitative estimate of drug-likeness (QED) is 0.322. The van der Waals surface area contributed by atoms with E-state index >= 15 is 0 Å². The number of nitrogens with one attached hydrogen (secondary N) is 1. The van der Waals surface area contributed by atoms with E-state index < -0.39 is 4.92 Å². The predicted octanol–water partition coefficient (Wildman–Crippen LogP) is 5.15. The van der Waals surface area contributed by atoms with Crippen LogP contribution in [0.1, 0.15) is 30.1 Å². The average Bonchev–Trinajstić information content (AvgIpc) is 3.17. The van der Waals surface area contributed by atoms with E-state index in [0.717, 1.165) is 18.6 Å². The summed E-state index contributed by atoms with van der Waals surface area (Å²) >= 11 is 1.26. The Morgan fingerprint density at radius 3 is 2.75 bits per heavy atom. The molecule has 1 amide bonds. The van der Waals surface area contributed by atoms with E-state index in [0.29, 0.717) is 28.6 Å². The Morgan fingerprint density at radius 1 is 1.25 bits per heavy atom. The zero-order valence-electron chi connectivity index (χ0n) is 15.3. The molecule has 0 aliphatic rings. The molecule has 0 unspecified atom stereocenters. The molecular weight excluding hydrogens is 378 g/mol. The molecule has 3 rings (SSSR count). The molecule has 0 aliphatic heterocycles. The number of amides is 1. The van der Waals surface area contributed by atoms with Crippen molar-refractivity contribution in [2.24, 2.45) is 0 Å². The van der Waals surface area contributed by atoms with Gasteiger partial charge in [0.25, 0.3) is 11.6 Å². The Bertz CT molecular complexity index is 970. The summed E-state index contributed by atoms with van der Waals surface area (Å²) in [4.78, 5) is 27.2. The molecule has 1 heterocycles. The van der Waals surface area contributed by atoms with Crippen molar-refractivity contribution in [1.82, 2.24) is 4.98 Å². The SMILES string of the molecule is CCCCOc1ccc(C(=O)Nc2nc(-c3cccc([N+](=O)[O-])c3)cs2)cc1. The maximum absolute atomic E-state index is 12.4. The molecule has 28 heavy (non-hydrogen) atoms. The van der Waals surface area contributed by atoms with Gasteiger partial charge >= 0.3 is 0 Å². The first-order valence-electron chi connectivity index (χ1n) is 8.81. The third-order valence-electron chi connectivity index (χ3n) is 3.96. The number of hydrogen-bond acceptors (Lipinski definition) is 6. The van der Waals surface area contributed by atoms with Crippen LogP contribution in [-0.2, 0) is 0 Å². The van der Waals surface area contributed by atoms with Gasteiger partial charge in [-0.05, 0) is 30.7 Å². The van der Waals surface area contributed by atoms with Gasteiger partial charge in [-0.25, -0.2) is 4.98 Å². The number of anilines is 1. The van der Waals surface area contributed by atoms with Crippen molar-refractivity contribution in [3.05, 3.63) is 69.6 Å². The third kappa shape index (κ3) is 4.92. The Morgan fingerprint density at radius 2 is 2.04 bits per heavy atom. The van der Waals surface area contributed by atoms with Crippen molar-refractivity contribution in [2.75, 3.05) is 11.9 Å². The van der Waals surface area contributed by atoms with Crippen LogP contribution in [-0.4, -0.2) is 22.4 Å². The second-order valence-electron chi connectivity index (χ2n) is 6.03. The largest absolute Gasteiger partial charge is 0.494 e. The number of benzene rings is 2. The Hall–Kier alpha value is -3.26. The molecule has 8 heteroatoms. The summed E-state index contributed by atoms with van der Waals surface area (Å²) in [6.45, 7) is 2.75. The maximum Gasteiger partial charge on any atom is 0.270 e. The minimum atomic E-state index is -0.450. The number of non-ortho nitro benzene ring substituents is 1. The van der Waals surface area contributed by atoms with E-state index in [1.165, 1.54) is 23.5 Å². The van der Waals surface area contributed by atoms with Crippen molar-refractivity contribution in [1.29, 1.82) is 0 Å². The van der Waals surface area contributed by atoms with Crippen LogP contribution in [0.3, 0.4) is 0 Å². The summed E-state index contributed by atoms with van der Waals surface area (Å²) in [5, 5.41) is 15.8. The van der Waals surface area contributed by atoms with Crippen LogP contribution < -0.4 is 10.1 Å². The van der Waals surface area contributed by atoms with Gasteiger partial charge < -0.3 is 4.74 Å². The van der Waals surface area contributed by atoms with E-state index in [1.54, 1.807) is 41.8 Å². The third-order valence-corrected chi connectivity index (χ3v) is 4.72. The van der Waals surface area contributed by atoms with Crippen molar-refractivity contribution < 1.29 is 14.5 Å². The van der Waals surface area contributed by atoms with Crippen molar-refractivity contribution in [2.45, 2.75) is 19.8 Å². The summed E-state index contributed by atoms with van der Waals surface area (Å²) in [6.07, 6.45) is 2.05. The van der Waals surface area contributed by atoms with Gasteiger partial charge in [-0.3, -0.25) is 20.2 Å². The van der Waals surface area contributed by atoms with E-state index in [-0.39, 0.29) is 11.6 Å². The Kier molecular flexibility index (Phi) is 6.33. The number of carbonyl (C=O) groups is 1. The number of rotatable bonds is 8. The molecule has 0 atom stereocenters. The van der Waals surface area contributed by atoms with Crippen molar-refractivity contribution in [3.8, 4) is 17.0 Å². The molecule has 0 radical (unpaired) electrons. The molecule has 3 aromatic rings. The number of hydrogen-bond donors (Lipinski definition) is 1. The summed E-state index contributed by atoms with van der Waals surface area (Å²) in [5.74, 6) is 0.451. The monoisotopic (exact) mass is 397 g/mol. The van der Waals surface area contributed by atoms with Gasteiger partial charge in [0.2, 0.25) is 0 Å². The first kappa shape index (κ1) is 19.5. The minimum Gasteiger partial charge on any atom is -0.494 e. The zero-order chi connectivity index (χ0) is 19.9. The Labute approximate surface area is 166 Å². The summed E-state index contributed by atoms with van der Waals surface area (Å²) < 4.78 is 5.59. The fourth-order valence-electron chi connectivity index (χ4n) is 2.45. The number of aromatic nitrogens is 1. The van der Waals surface area contributed by atoms with E-state index in [2.05, 4.69) is 17.2 Å². The van der Waals surface area contributed by atoms with Crippen LogP contribution in [0.4, 0.5) is 10.8 Å². The van der Waals surface area contributed by atoms with Crippen molar-refractivity contribution in [3.63, 3.8) is 0 Å². The van der Waals surface area contributed by atoms with Gasteiger partial charge in [0.1, 0.15) is 5.75 Å². The first-order valence-corrected chi connectivity index (χ1v) is 9.69. The van der Waals surface area contributed by atoms with Crippen LogP contribution in [0, 0.1) is 10.1 Å². The zero-order valence-corrected chi connectivity index (χ0v) is 16.1. The maximum atomic E-state index is 12.4. The Balaban J connectivity index is 1.65. The van der Waals surface area contributed by atoms with Crippen LogP contribution in [0.15, 0.2) is 53.9 Å². The van der Waals surface area contributed by atoms with E-state index in [9.17, 15) is 14.9 Å². The number of nitro groups is 1. The van der Waals surface area contributed by atoms with Gasteiger partial charge in [0, 0.05) is 28.6 Å². The predicted molar refractivity (Wildman–Crippen MR) is 109 cm³/mol. The lowest BCUT2D eigenvalue weighted by molar-refractivity contribution is -0.384. The second-order valence-corrected chi connectivity index (χ2v) is 6.88. The van der Waals surface area contributed by atoms with E-state index in [1.807, 2.05) is 0 Å². The highest BCUT2D eigenvalue weighted by molar-refractivity contribution is 7.14. The van der Waals surface area contributed by atoms with Gasteiger partial charge in [-0.1, -0.05) is 25.5 Å². The van der Waals surface area contributed by atoms with Crippen LogP contribution in [0.2, 0.25) is 0 Å². The molecule has 0 saturated carbocycles. The molecule has 0 spiro atoms. The van der Waals surface area contributed by atoms with Crippen LogP contribution in [0.25, 0.3) is 11.3 Å². The molecule has 7 nitrogen and oxygen atoms in total. The highest BCUT2D eigenvalue weighted by Gasteiger charge is 2.12. The van der Waals surface area contributed by atoms with Crippen LogP contribution >= 0.6 is 11.3 Å². The summed E-state index contributed by atoms with van der Waals surface area (Å²) in [7, 11) is 0. The molecule has 0 fully saturated rings.